The minimum Gasteiger partial charge on any atom is -0.506 e. The third kappa shape index (κ3) is 3.57. The van der Waals surface area contributed by atoms with Gasteiger partial charge in [-0.05, 0) is 30.5 Å². The highest BCUT2D eigenvalue weighted by molar-refractivity contribution is 6.32. The lowest BCUT2D eigenvalue weighted by Gasteiger charge is -2.37. The van der Waals surface area contributed by atoms with E-state index in [4.69, 9.17) is 11.6 Å². The lowest BCUT2D eigenvalue weighted by atomic mass is 9.81. The summed E-state index contributed by atoms with van der Waals surface area (Å²) < 4.78 is 0. The van der Waals surface area contributed by atoms with E-state index >= 15 is 0 Å². The van der Waals surface area contributed by atoms with Crippen LogP contribution >= 0.6 is 11.6 Å². The molecule has 1 aromatic carbocycles. The van der Waals surface area contributed by atoms with Crippen LogP contribution in [0.2, 0.25) is 5.02 Å². The van der Waals surface area contributed by atoms with Crippen molar-refractivity contribution in [1.82, 2.24) is 4.90 Å². The second-order valence-corrected chi connectivity index (χ2v) is 8.87. The molecule has 1 aliphatic heterocycles. The van der Waals surface area contributed by atoms with Crippen LogP contribution in [0.3, 0.4) is 0 Å². The maximum Gasteiger partial charge on any atom is 0.290 e. The highest BCUT2D eigenvalue weighted by atomic mass is 35.5. The maximum absolute atomic E-state index is 13.1. The minimum atomic E-state index is -0.745. The van der Waals surface area contributed by atoms with Crippen LogP contribution in [0, 0.1) is 5.41 Å². The fraction of sp³-hybridized carbons (Fsp3) is 0.524. The molecule has 0 aromatic heterocycles. The number of carbonyl (C=O) groups excluding carboxylic acids is 2. The molecular formula is C21H26ClNO4. The highest BCUT2D eigenvalue weighted by Crippen LogP contribution is 2.45. The van der Waals surface area contributed by atoms with E-state index < -0.39 is 23.1 Å². The molecule has 2 N–H and O–H groups in total. The molecule has 1 heterocycles. The number of nitrogens with zero attached hydrogens (tertiary/aromatic N) is 1. The van der Waals surface area contributed by atoms with Crippen LogP contribution in [0.15, 0.2) is 29.5 Å². The molecule has 6 heteroatoms. The predicted molar refractivity (Wildman–Crippen MR) is 104 cm³/mol. The topological polar surface area (TPSA) is 77.8 Å². The van der Waals surface area contributed by atoms with Crippen molar-refractivity contribution < 1.29 is 19.8 Å². The van der Waals surface area contributed by atoms with Crippen molar-refractivity contribution in [3.63, 3.8) is 0 Å². The number of phenols is 1. The molecule has 2 aliphatic rings. The third-order valence-corrected chi connectivity index (χ3v) is 5.73. The van der Waals surface area contributed by atoms with Crippen molar-refractivity contribution >= 4 is 23.3 Å². The van der Waals surface area contributed by atoms with Gasteiger partial charge in [0.1, 0.15) is 5.75 Å². The van der Waals surface area contributed by atoms with Crippen molar-refractivity contribution in [1.29, 1.82) is 0 Å². The third-order valence-electron chi connectivity index (χ3n) is 5.43. The molecule has 1 aromatic rings. The Morgan fingerprint density at radius 3 is 2.33 bits per heavy atom. The van der Waals surface area contributed by atoms with Crippen LogP contribution in [-0.4, -0.2) is 32.8 Å². The molecule has 1 saturated carbocycles. The molecule has 1 unspecified atom stereocenters. The van der Waals surface area contributed by atoms with Crippen molar-refractivity contribution in [2.75, 3.05) is 0 Å². The Morgan fingerprint density at radius 2 is 1.78 bits per heavy atom. The number of aliphatic hydroxyl groups excluding tert-OH is 1. The number of hydrogen-bond donors (Lipinski definition) is 2. The number of aliphatic hydroxyl groups is 1. The van der Waals surface area contributed by atoms with Crippen LogP contribution in [0.25, 0.3) is 0 Å². The molecule has 0 radical (unpaired) electrons. The van der Waals surface area contributed by atoms with E-state index in [9.17, 15) is 19.8 Å². The number of hydrogen-bond acceptors (Lipinski definition) is 4. The standard InChI is InChI=1S/C21H26ClNO4/c1-21(2,3)19(26)16-17(12-9-10-15(24)14(22)11-12)23(20(27)18(16)25)13-7-5-4-6-8-13/h9-11,13,17,24-25H,4-8H2,1-3H3. The number of amides is 1. The minimum absolute atomic E-state index is 0.0313. The first-order valence-corrected chi connectivity index (χ1v) is 9.79. The number of halogens is 1. The first kappa shape index (κ1) is 19.7. The summed E-state index contributed by atoms with van der Waals surface area (Å²) in [6.07, 6.45) is 4.85. The Kier molecular flexibility index (Phi) is 5.26. The van der Waals surface area contributed by atoms with Gasteiger partial charge in [-0.3, -0.25) is 9.59 Å². The lowest BCUT2D eigenvalue weighted by Crippen LogP contribution is -2.41. The summed E-state index contributed by atoms with van der Waals surface area (Å²) >= 11 is 6.10. The summed E-state index contributed by atoms with van der Waals surface area (Å²) in [4.78, 5) is 27.7. The number of rotatable bonds is 3. The molecular weight excluding hydrogens is 366 g/mol. The summed E-state index contributed by atoms with van der Waals surface area (Å²) in [7, 11) is 0. The molecule has 0 saturated heterocycles. The van der Waals surface area contributed by atoms with Crippen molar-refractivity contribution in [3.05, 3.63) is 40.1 Å². The Morgan fingerprint density at radius 1 is 1.15 bits per heavy atom. The molecule has 27 heavy (non-hydrogen) atoms. The Balaban J connectivity index is 2.13. The second kappa shape index (κ2) is 7.19. The fourth-order valence-electron chi connectivity index (χ4n) is 4.02. The van der Waals surface area contributed by atoms with Gasteiger partial charge in [0, 0.05) is 11.5 Å². The van der Waals surface area contributed by atoms with Gasteiger partial charge in [0.25, 0.3) is 5.91 Å². The molecule has 1 amide bonds. The first-order chi connectivity index (χ1) is 12.6. The maximum atomic E-state index is 13.1. The zero-order valence-corrected chi connectivity index (χ0v) is 16.7. The second-order valence-electron chi connectivity index (χ2n) is 8.46. The highest BCUT2D eigenvalue weighted by Gasteiger charge is 2.48. The zero-order valence-electron chi connectivity index (χ0n) is 16.0. The number of ketones is 1. The van der Waals surface area contributed by atoms with Crippen molar-refractivity contribution in [2.24, 2.45) is 5.41 Å². The van der Waals surface area contributed by atoms with Crippen LogP contribution in [0.1, 0.15) is 64.5 Å². The molecule has 3 rings (SSSR count). The molecule has 5 nitrogen and oxygen atoms in total. The Labute approximate surface area is 164 Å². The first-order valence-electron chi connectivity index (χ1n) is 9.42. The smallest absolute Gasteiger partial charge is 0.290 e. The summed E-state index contributed by atoms with van der Waals surface area (Å²) in [6, 6.07) is 3.96. The Hall–Kier alpha value is -2.01. The normalized spacial score (nSPS) is 21.9. The van der Waals surface area contributed by atoms with Crippen molar-refractivity contribution in [2.45, 2.75) is 65.0 Å². The van der Waals surface area contributed by atoms with Gasteiger partial charge >= 0.3 is 0 Å². The van der Waals surface area contributed by atoms with E-state index in [-0.39, 0.29) is 28.2 Å². The summed E-state index contributed by atoms with van der Waals surface area (Å²) in [5.74, 6) is -1.29. The average molecular weight is 392 g/mol. The van der Waals surface area contributed by atoms with Crippen LogP contribution in [-0.2, 0) is 9.59 Å². The molecule has 0 bridgehead atoms. The number of Topliss-reactive ketones (excluding diaryl/α,β-unsaturated/α-hetero) is 1. The summed E-state index contributed by atoms with van der Waals surface area (Å²) in [6.45, 7) is 5.30. The predicted octanol–water partition coefficient (Wildman–Crippen LogP) is 4.69. The number of benzene rings is 1. The molecule has 1 atom stereocenters. The van der Waals surface area contributed by atoms with Crippen molar-refractivity contribution in [3.8, 4) is 5.75 Å². The van der Waals surface area contributed by atoms with E-state index in [1.54, 1.807) is 37.8 Å². The molecule has 0 spiro atoms. The molecule has 1 fully saturated rings. The fourth-order valence-corrected chi connectivity index (χ4v) is 4.20. The molecule has 146 valence electrons. The van der Waals surface area contributed by atoms with Gasteiger partial charge in [-0.2, -0.15) is 0 Å². The van der Waals surface area contributed by atoms with E-state index in [0.717, 1.165) is 32.1 Å². The quantitative estimate of drug-likeness (QED) is 0.783. The van der Waals surface area contributed by atoms with Gasteiger partial charge in [-0.25, -0.2) is 0 Å². The Bertz CT molecular complexity index is 803. The zero-order chi connectivity index (χ0) is 19.9. The number of carbonyl (C=O) groups is 2. The SMILES string of the molecule is CC(C)(C)C(=O)C1=C(O)C(=O)N(C2CCCCC2)C1c1ccc(O)c(Cl)c1. The molecule has 1 aliphatic carbocycles. The van der Waals surface area contributed by atoms with Gasteiger partial charge in [-0.1, -0.05) is 57.7 Å². The monoisotopic (exact) mass is 391 g/mol. The van der Waals surface area contributed by atoms with Gasteiger partial charge in [0.2, 0.25) is 0 Å². The number of aromatic hydroxyl groups is 1. The average Bonchev–Trinajstić information content (AvgIpc) is 2.88. The van der Waals surface area contributed by atoms with E-state index in [0.29, 0.717) is 5.56 Å². The lowest BCUT2D eigenvalue weighted by molar-refractivity contribution is -0.132. The summed E-state index contributed by atoms with van der Waals surface area (Å²) in [5, 5.41) is 20.6. The van der Waals surface area contributed by atoms with Crippen LogP contribution < -0.4 is 0 Å². The van der Waals surface area contributed by atoms with Gasteiger partial charge in [0.05, 0.1) is 16.6 Å². The van der Waals surface area contributed by atoms with E-state index in [2.05, 4.69) is 0 Å². The van der Waals surface area contributed by atoms with Gasteiger partial charge in [-0.15, -0.1) is 0 Å². The largest absolute Gasteiger partial charge is 0.506 e. The summed E-state index contributed by atoms with van der Waals surface area (Å²) in [5.41, 5.74) is -0.00120. The van der Waals surface area contributed by atoms with E-state index in [1.165, 1.54) is 6.07 Å². The van der Waals surface area contributed by atoms with Gasteiger partial charge < -0.3 is 15.1 Å². The van der Waals surface area contributed by atoms with Crippen LogP contribution in [0.5, 0.6) is 5.75 Å². The van der Waals surface area contributed by atoms with Gasteiger partial charge in [0.15, 0.2) is 11.5 Å². The van der Waals surface area contributed by atoms with Crippen LogP contribution in [0.4, 0.5) is 0 Å². The van der Waals surface area contributed by atoms with E-state index in [1.807, 2.05) is 0 Å². The number of phenolic OH excluding ortho intramolecular Hbond substituents is 1.